The molecule has 2 nitrogen and oxygen atoms in total. The molecule has 0 saturated heterocycles. The molecular weight excluding hydrogens is 182 g/mol. The number of rotatable bonds is 2. The minimum atomic E-state index is 0.0439. The van der Waals surface area contributed by atoms with Crippen molar-refractivity contribution < 1.29 is 4.74 Å². The normalized spacial score (nSPS) is 14.2. The quantitative estimate of drug-likeness (QED) is 0.795. The van der Waals surface area contributed by atoms with E-state index in [2.05, 4.69) is 20.8 Å². The summed E-state index contributed by atoms with van der Waals surface area (Å²) in [6, 6.07) is 2.01. The van der Waals surface area contributed by atoms with Crippen LogP contribution in [-0.2, 0) is 0 Å². The third kappa shape index (κ3) is 2.23. The van der Waals surface area contributed by atoms with Gasteiger partial charge >= 0.3 is 0 Å². The summed E-state index contributed by atoms with van der Waals surface area (Å²) in [6.45, 7) is 6.41. The van der Waals surface area contributed by atoms with Crippen LogP contribution < -0.4 is 10.5 Å². The minimum Gasteiger partial charge on any atom is -0.496 e. The van der Waals surface area contributed by atoms with E-state index in [1.807, 2.05) is 11.4 Å². The first-order valence-corrected chi connectivity index (χ1v) is 5.21. The SMILES string of the molecule is COc1ccsc1C(N)C(C)(C)C. The van der Waals surface area contributed by atoms with Crippen LogP contribution in [0.4, 0.5) is 0 Å². The molecular formula is C10H17NOS. The second-order valence-electron chi connectivity index (χ2n) is 4.20. The lowest BCUT2D eigenvalue weighted by Gasteiger charge is -2.26. The van der Waals surface area contributed by atoms with Crippen LogP contribution in [0.3, 0.4) is 0 Å². The molecule has 1 rings (SSSR count). The Morgan fingerprint density at radius 3 is 2.54 bits per heavy atom. The van der Waals surface area contributed by atoms with Gasteiger partial charge in [-0.15, -0.1) is 11.3 Å². The van der Waals surface area contributed by atoms with Crippen molar-refractivity contribution in [2.24, 2.45) is 11.1 Å². The second-order valence-corrected chi connectivity index (χ2v) is 5.14. The molecule has 3 heteroatoms. The molecule has 0 aliphatic rings. The molecule has 1 atom stereocenters. The molecule has 0 bridgehead atoms. The van der Waals surface area contributed by atoms with Crippen molar-refractivity contribution in [3.8, 4) is 5.75 Å². The van der Waals surface area contributed by atoms with Crippen LogP contribution in [0.25, 0.3) is 0 Å². The zero-order chi connectivity index (χ0) is 10.1. The van der Waals surface area contributed by atoms with Gasteiger partial charge in [-0.3, -0.25) is 0 Å². The number of thiophene rings is 1. The summed E-state index contributed by atoms with van der Waals surface area (Å²) in [5.74, 6) is 0.910. The largest absolute Gasteiger partial charge is 0.496 e. The van der Waals surface area contributed by atoms with Crippen molar-refractivity contribution in [2.75, 3.05) is 7.11 Å². The lowest BCUT2D eigenvalue weighted by atomic mass is 9.86. The molecule has 1 unspecified atom stereocenters. The van der Waals surface area contributed by atoms with Gasteiger partial charge in [-0.25, -0.2) is 0 Å². The number of nitrogens with two attached hydrogens (primary N) is 1. The maximum Gasteiger partial charge on any atom is 0.134 e. The summed E-state index contributed by atoms with van der Waals surface area (Å²) in [4.78, 5) is 1.13. The summed E-state index contributed by atoms with van der Waals surface area (Å²) < 4.78 is 5.23. The average Bonchev–Trinajstić information content (AvgIpc) is 2.48. The Morgan fingerprint density at radius 1 is 1.46 bits per heavy atom. The number of hydrogen-bond acceptors (Lipinski definition) is 3. The number of methoxy groups -OCH3 is 1. The van der Waals surface area contributed by atoms with E-state index in [9.17, 15) is 0 Å². The van der Waals surface area contributed by atoms with Crippen molar-refractivity contribution in [1.82, 2.24) is 0 Å². The van der Waals surface area contributed by atoms with Gasteiger partial charge in [0.15, 0.2) is 0 Å². The molecule has 1 heterocycles. The Labute approximate surface area is 83.7 Å². The van der Waals surface area contributed by atoms with Crippen LogP contribution in [-0.4, -0.2) is 7.11 Å². The first kappa shape index (κ1) is 10.5. The number of hydrogen-bond donors (Lipinski definition) is 1. The van der Waals surface area contributed by atoms with Gasteiger partial charge in [0.1, 0.15) is 5.75 Å². The molecule has 74 valence electrons. The van der Waals surface area contributed by atoms with Gasteiger partial charge in [0.25, 0.3) is 0 Å². The molecule has 13 heavy (non-hydrogen) atoms. The average molecular weight is 199 g/mol. The standard InChI is InChI=1S/C10H17NOS/c1-10(2,3)9(11)8-7(12-4)5-6-13-8/h5-6,9H,11H2,1-4H3. The summed E-state index contributed by atoms with van der Waals surface area (Å²) in [5, 5.41) is 2.01. The van der Waals surface area contributed by atoms with Crippen molar-refractivity contribution in [3.63, 3.8) is 0 Å². The molecule has 1 aromatic rings. The van der Waals surface area contributed by atoms with Gasteiger partial charge in [0.05, 0.1) is 12.0 Å². The fourth-order valence-corrected chi connectivity index (χ4v) is 2.20. The van der Waals surface area contributed by atoms with Crippen molar-refractivity contribution in [1.29, 1.82) is 0 Å². The predicted octanol–water partition coefficient (Wildman–Crippen LogP) is 2.80. The van der Waals surface area contributed by atoms with E-state index in [1.54, 1.807) is 18.4 Å². The van der Waals surface area contributed by atoms with Gasteiger partial charge in [-0.05, 0) is 16.9 Å². The van der Waals surface area contributed by atoms with Crippen molar-refractivity contribution >= 4 is 11.3 Å². The van der Waals surface area contributed by atoms with Gasteiger partial charge in [-0.1, -0.05) is 20.8 Å². The Bertz CT molecular complexity index is 275. The van der Waals surface area contributed by atoms with E-state index < -0.39 is 0 Å². The Hall–Kier alpha value is -0.540. The van der Waals surface area contributed by atoms with Gasteiger partial charge in [-0.2, -0.15) is 0 Å². The summed E-state index contributed by atoms with van der Waals surface area (Å²) in [6.07, 6.45) is 0. The molecule has 0 fully saturated rings. The zero-order valence-corrected chi connectivity index (χ0v) is 9.44. The second kappa shape index (κ2) is 3.68. The maximum absolute atomic E-state index is 6.12. The Kier molecular flexibility index (Phi) is 2.98. The van der Waals surface area contributed by atoms with Crippen molar-refractivity contribution in [2.45, 2.75) is 26.8 Å². The third-order valence-corrected chi connectivity index (χ3v) is 3.07. The Morgan fingerprint density at radius 2 is 2.08 bits per heavy atom. The van der Waals surface area contributed by atoms with E-state index in [0.29, 0.717) is 0 Å². The minimum absolute atomic E-state index is 0.0439. The Balaban J connectivity index is 2.94. The molecule has 1 aromatic heterocycles. The highest BCUT2D eigenvalue weighted by Crippen LogP contribution is 2.38. The van der Waals surface area contributed by atoms with E-state index in [0.717, 1.165) is 10.6 Å². The molecule has 0 amide bonds. The topological polar surface area (TPSA) is 35.2 Å². The molecule has 0 saturated carbocycles. The molecule has 0 aliphatic carbocycles. The third-order valence-electron chi connectivity index (χ3n) is 2.09. The van der Waals surface area contributed by atoms with Gasteiger partial charge < -0.3 is 10.5 Å². The monoisotopic (exact) mass is 199 g/mol. The number of ether oxygens (including phenoxy) is 1. The van der Waals surface area contributed by atoms with E-state index >= 15 is 0 Å². The molecule has 0 spiro atoms. The van der Waals surface area contributed by atoms with Gasteiger partial charge in [0, 0.05) is 6.04 Å². The maximum atomic E-state index is 6.12. The van der Waals surface area contributed by atoms with Crippen LogP contribution in [0.5, 0.6) is 5.75 Å². The summed E-state index contributed by atoms with van der Waals surface area (Å²) in [7, 11) is 1.68. The first-order chi connectivity index (χ1) is 5.96. The highest BCUT2D eigenvalue weighted by molar-refractivity contribution is 7.10. The molecule has 0 aliphatic heterocycles. The fourth-order valence-electron chi connectivity index (χ4n) is 1.10. The van der Waals surface area contributed by atoms with Crippen molar-refractivity contribution in [3.05, 3.63) is 16.3 Å². The van der Waals surface area contributed by atoms with Crippen LogP contribution in [0.1, 0.15) is 31.7 Å². The van der Waals surface area contributed by atoms with E-state index in [4.69, 9.17) is 10.5 Å². The molecule has 0 radical (unpaired) electrons. The highest BCUT2D eigenvalue weighted by atomic mass is 32.1. The summed E-state index contributed by atoms with van der Waals surface area (Å²) in [5.41, 5.74) is 6.20. The highest BCUT2D eigenvalue weighted by Gasteiger charge is 2.25. The van der Waals surface area contributed by atoms with Gasteiger partial charge in [0.2, 0.25) is 0 Å². The molecule has 2 N–H and O–H groups in total. The predicted molar refractivity (Wildman–Crippen MR) is 57.3 cm³/mol. The van der Waals surface area contributed by atoms with Crippen LogP contribution in [0.2, 0.25) is 0 Å². The fraction of sp³-hybridized carbons (Fsp3) is 0.600. The molecule has 0 aromatic carbocycles. The van der Waals surface area contributed by atoms with Crippen LogP contribution in [0.15, 0.2) is 11.4 Å². The van der Waals surface area contributed by atoms with E-state index in [-0.39, 0.29) is 11.5 Å². The first-order valence-electron chi connectivity index (χ1n) is 4.33. The van der Waals surface area contributed by atoms with Crippen LogP contribution in [0, 0.1) is 5.41 Å². The lowest BCUT2D eigenvalue weighted by Crippen LogP contribution is -2.25. The van der Waals surface area contributed by atoms with E-state index in [1.165, 1.54) is 0 Å². The summed E-state index contributed by atoms with van der Waals surface area (Å²) >= 11 is 1.66. The zero-order valence-electron chi connectivity index (χ0n) is 8.63. The van der Waals surface area contributed by atoms with Crippen LogP contribution >= 0.6 is 11.3 Å². The smallest absolute Gasteiger partial charge is 0.134 e. The lowest BCUT2D eigenvalue weighted by molar-refractivity contribution is 0.319.